The predicted octanol–water partition coefficient (Wildman–Crippen LogP) is 6.08. The Hall–Kier alpha value is -3.36. The zero-order chi connectivity index (χ0) is 25.7. The molecule has 2 fully saturated rings. The maximum atomic E-state index is 12.6. The van der Waals surface area contributed by atoms with Crippen molar-refractivity contribution in [1.82, 2.24) is 15.1 Å². The summed E-state index contributed by atoms with van der Waals surface area (Å²) in [6, 6.07) is 23.1. The summed E-state index contributed by atoms with van der Waals surface area (Å²) in [4.78, 5) is 17.7. The predicted molar refractivity (Wildman–Crippen MR) is 154 cm³/mol. The first-order valence-electron chi connectivity index (χ1n) is 13.6. The quantitative estimate of drug-likeness (QED) is 0.292. The third kappa shape index (κ3) is 5.71. The molecule has 2 aliphatic rings. The Kier molecular flexibility index (Phi) is 7.60. The Labute approximate surface area is 227 Å². The zero-order valence-corrected chi connectivity index (χ0v) is 22.3. The van der Waals surface area contributed by atoms with E-state index in [1.807, 2.05) is 42.5 Å². The molecular weight excluding hydrogens is 494 g/mol. The van der Waals surface area contributed by atoms with Gasteiger partial charge in [-0.1, -0.05) is 67.4 Å². The summed E-state index contributed by atoms with van der Waals surface area (Å²) in [5.41, 5.74) is 2.90. The van der Waals surface area contributed by atoms with Gasteiger partial charge in [0.05, 0.1) is 5.75 Å². The second-order valence-electron chi connectivity index (χ2n) is 10.1. The lowest BCUT2D eigenvalue weighted by atomic mass is 9.94. The summed E-state index contributed by atoms with van der Waals surface area (Å²) < 4.78 is 5.86. The highest BCUT2D eigenvalue weighted by Crippen LogP contribution is 2.30. The van der Waals surface area contributed by atoms with E-state index in [9.17, 15) is 4.79 Å². The summed E-state index contributed by atoms with van der Waals surface area (Å²) in [7, 11) is 0. The van der Waals surface area contributed by atoms with Crippen LogP contribution in [0.2, 0.25) is 0 Å². The first-order valence-corrected chi connectivity index (χ1v) is 14.5. The maximum Gasteiger partial charge on any atom is 0.277 e. The van der Waals surface area contributed by atoms with Gasteiger partial charge in [-0.2, -0.15) is 0 Å². The average molecular weight is 528 g/mol. The summed E-state index contributed by atoms with van der Waals surface area (Å²) in [5.74, 6) is 0.552. The molecule has 1 saturated carbocycles. The van der Waals surface area contributed by atoms with Crippen LogP contribution in [-0.2, 0) is 4.79 Å². The SMILES string of the molecule is O=C(CSc1nnc(-c2cccc3ccccc23)o1)Nc1ccc(N2CCN(C3CCCCC3)CC2)cc1. The number of amides is 1. The lowest BCUT2D eigenvalue weighted by Crippen LogP contribution is -2.50. The average Bonchev–Trinajstić information content (AvgIpc) is 3.46. The van der Waals surface area contributed by atoms with E-state index in [2.05, 4.69) is 49.6 Å². The summed E-state index contributed by atoms with van der Waals surface area (Å²) in [6.45, 7) is 4.39. The monoisotopic (exact) mass is 527 g/mol. The van der Waals surface area contributed by atoms with Gasteiger partial charge in [0, 0.05) is 49.2 Å². The van der Waals surface area contributed by atoms with Gasteiger partial charge >= 0.3 is 0 Å². The van der Waals surface area contributed by atoms with Gasteiger partial charge in [0.25, 0.3) is 5.22 Å². The third-order valence-electron chi connectivity index (χ3n) is 7.67. The summed E-state index contributed by atoms with van der Waals surface area (Å²) >= 11 is 1.24. The van der Waals surface area contributed by atoms with Crippen molar-refractivity contribution in [3.63, 3.8) is 0 Å². The van der Waals surface area contributed by atoms with Crippen LogP contribution in [0.1, 0.15) is 32.1 Å². The number of rotatable bonds is 7. The number of thioether (sulfide) groups is 1. The zero-order valence-electron chi connectivity index (χ0n) is 21.5. The van der Waals surface area contributed by atoms with Crippen molar-refractivity contribution >= 4 is 39.8 Å². The van der Waals surface area contributed by atoms with Crippen molar-refractivity contribution in [3.05, 3.63) is 66.7 Å². The van der Waals surface area contributed by atoms with Crippen LogP contribution in [0.5, 0.6) is 0 Å². The molecule has 1 N–H and O–H groups in total. The van der Waals surface area contributed by atoms with Crippen molar-refractivity contribution in [3.8, 4) is 11.5 Å². The number of benzene rings is 3. The Morgan fingerprint density at radius 2 is 1.66 bits per heavy atom. The number of carbonyl (C=O) groups is 1. The van der Waals surface area contributed by atoms with Crippen LogP contribution in [-0.4, -0.2) is 59.0 Å². The van der Waals surface area contributed by atoms with Gasteiger partial charge in [-0.3, -0.25) is 9.69 Å². The third-order valence-corrected chi connectivity index (χ3v) is 8.49. The normalized spacial score (nSPS) is 17.1. The highest BCUT2D eigenvalue weighted by atomic mass is 32.2. The van der Waals surface area contributed by atoms with Crippen molar-refractivity contribution in [2.24, 2.45) is 0 Å². The van der Waals surface area contributed by atoms with Crippen LogP contribution in [0.15, 0.2) is 76.4 Å². The minimum Gasteiger partial charge on any atom is -0.411 e. The van der Waals surface area contributed by atoms with Crippen LogP contribution >= 0.6 is 11.8 Å². The van der Waals surface area contributed by atoms with E-state index in [1.54, 1.807) is 0 Å². The molecule has 3 aromatic carbocycles. The van der Waals surface area contributed by atoms with Crippen LogP contribution < -0.4 is 10.2 Å². The molecule has 0 atom stereocenters. The number of hydrogen-bond acceptors (Lipinski definition) is 7. The summed E-state index contributed by atoms with van der Waals surface area (Å²) in [6.07, 6.45) is 6.91. The Balaban J connectivity index is 0.993. The van der Waals surface area contributed by atoms with Crippen molar-refractivity contribution in [2.45, 2.75) is 43.4 Å². The molecule has 0 bridgehead atoms. The summed E-state index contributed by atoms with van der Waals surface area (Å²) in [5, 5.41) is 13.9. The van der Waals surface area contributed by atoms with Crippen LogP contribution in [0, 0.1) is 0 Å². The molecule has 4 aromatic rings. The molecule has 0 radical (unpaired) electrons. The Bertz CT molecular complexity index is 1370. The second kappa shape index (κ2) is 11.6. The molecule has 1 amide bonds. The van der Waals surface area contributed by atoms with Gasteiger partial charge in [0.1, 0.15) is 0 Å². The van der Waals surface area contributed by atoms with E-state index in [-0.39, 0.29) is 11.7 Å². The van der Waals surface area contributed by atoms with Crippen LogP contribution in [0.3, 0.4) is 0 Å². The number of piperazine rings is 1. The number of fused-ring (bicyclic) bond motifs is 1. The lowest BCUT2D eigenvalue weighted by molar-refractivity contribution is -0.113. The highest BCUT2D eigenvalue weighted by molar-refractivity contribution is 7.99. The fourth-order valence-electron chi connectivity index (χ4n) is 5.66. The molecule has 1 aromatic heterocycles. The number of aromatic nitrogens is 2. The molecule has 196 valence electrons. The van der Waals surface area contributed by atoms with Crippen molar-refractivity contribution < 1.29 is 9.21 Å². The fourth-order valence-corrected chi connectivity index (χ4v) is 6.22. The molecule has 7 nitrogen and oxygen atoms in total. The molecule has 2 heterocycles. The topological polar surface area (TPSA) is 74.5 Å². The molecule has 0 unspecified atom stereocenters. The van der Waals surface area contributed by atoms with Crippen molar-refractivity contribution in [2.75, 3.05) is 42.1 Å². The molecule has 1 aliphatic carbocycles. The minimum absolute atomic E-state index is 0.103. The largest absolute Gasteiger partial charge is 0.411 e. The highest BCUT2D eigenvalue weighted by Gasteiger charge is 2.25. The first kappa shape index (κ1) is 24.9. The van der Waals surface area contributed by atoms with E-state index in [0.717, 1.165) is 54.2 Å². The lowest BCUT2D eigenvalue weighted by Gasteiger charge is -2.41. The molecular formula is C30H33N5O2S. The van der Waals surface area contributed by atoms with Gasteiger partial charge in [0.15, 0.2) is 0 Å². The van der Waals surface area contributed by atoms with E-state index in [1.165, 1.54) is 49.6 Å². The number of carbonyl (C=O) groups excluding carboxylic acids is 1. The molecule has 8 heteroatoms. The second-order valence-corrected chi connectivity index (χ2v) is 11.0. The molecule has 0 spiro atoms. The standard InChI is InChI=1S/C30H33N5O2S/c36-28(21-38-30-33-32-29(37-30)27-12-6-8-22-7-4-5-11-26(22)27)31-23-13-15-25(16-14-23)35-19-17-34(18-20-35)24-9-2-1-3-10-24/h4-8,11-16,24H,1-3,9-10,17-21H2,(H,31,36). The number of hydrogen-bond donors (Lipinski definition) is 1. The molecule has 1 saturated heterocycles. The molecule has 1 aliphatic heterocycles. The molecule has 38 heavy (non-hydrogen) atoms. The van der Waals surface area contributed by atoms with E-state index < -0.39 is 0 Å². The van der Waals surface area contributed by atoms with Gasteiger partial charge in [-0.15, -0.1) is 10.2 Å². The van der Waals surface area contributed by atoms with Gasteiger partial charge < -0.3 is 14.6 Å². The van der Waals surface area contributed by atoms with Crippen LogP contribution in [0.25, 0.3) is 22.2 Å². The van der Waals surface area contributed by atoms with E-state index >= 15 is 0 Å². The smallest absolute Gasteiger partial charge is 0.277 e. The Morgan fingerprint density at radius 1 is 0.895 bits per heavy atom. The van der Waals surface area contributed by atoms with Gasteiger partial charge in [-0.25, -0.2) is 0 Å². The van der Waals surface area contributed by atoms with E-state index in [4.69, 9.17) is 4.42 Å². The van der Waals surface area contributed by atoms with Crippen molar-refractivity contribution in [1.29, 1.82) is 0 Å². The number of nitrogens with one attached hydrogen (secondary N) is 1. The van der Waals surface area contributed by atoms with Gasteiger partial charge in [0.2, 0.25) is 11.8 Å². The maximum absolute atomic E-state index is 12.6. The number of anilines is 2. The Morgan fingerprint density at radius 3 is 2.47 bits per heavy atom. The number of nitrogens with zero attached hydrogens (tertiary/aromatic N) is 4. The minimum atomic E-state index is -0.103. The van der Waals surface area contributed by atoms with E-state index in [0.29, 0.717) is 11.1 Å². The van der Waals surface area contributed by atoms with Gasteiger partial charge in [-0.05, 0) is 53.9 Å². The molecule has 6 rings (SSSR count). The van der Waals surface area contributed by atoms with Crippen LogP contribution in [0.4, 0.5) is 11.4 Å². The first-order chi connectivity index (χ1) is 18.7. The fraction of sp³-hybridized carbons (Fsp3) is 0.367.